The molecule has 0 fully saturated rings. The van der Waals surface area contributed by atoms with Crippen molar-refractivity contribution in [1.82, 2.24) is 16.0 Å². The van der Waals surface area contributed by atoms with Crippen LogP contribution in [0.25, 0.3) is 0 Å². The number of rotatable bonds is 12. The molecule has 0 aliphatic rings. The first kappa shape index (κ1) is 26.8. The Morgan fingerprint density at radius 2 is 1.34 bits per heavy atom. The van der Waals surface area contributed by atoms with Gasteiger partial charge in [-0.05, 0) is 31.1 Å². The normalized spacial score (nSPS) is 16.5. The third kappa shape index (κ3) is 9.25. The molecule has 0 saturated heterocycles. The Hall–Kier alpha value is -2.16. The Balaban J connectivity index is 5.11. The fourth-order valence-corrected chi connectivity index (χ4v) is 2.74. The van der Waals surface area contributed by atoms with Crippen LogP contribution in [-0.4, -0.2) is 53.0 Å². The number of hydrogen-bond acceptors (Lipinski definition) is 5. The Bertz CT molecular complexity index is 579. The molecule has 0 aliphatic heterocycles. The molecule has 0 spiro atoms. The van der Waals surface area contributed by atoms with Crippen LogP contribution in [0.2, 0.25) is 0 Å². The molecule has 0 saturated carbocycles. The van der Waals surface area contributed by atoms with E-state index in [-0.39, 0.29) is 17.8 Å². The number of nitrogens with two attached hydrogens (primary N) is 1. The Morgan fingerprint density at radius 1 is 0.828 bits per heavy atom. The maximum absolute atomic E-state index is 12.7. The van der Waals surface area contributed by atoms with Gasteiger partial charge in [-0.1, -0.05) is 48.0 Å². The zero-order chi connectivity index (χ0) is 22.9. The molecule has 0 aliphatic carbocycles. The van der Waals surface area contributed by atoms with Gasteiger partial charge in [0.05, 0.1) is 6.04 Å². The maximum atomic E-state index is 12.7. The van der Waals surface area contributed by atoms with Crippen molar-refractivity contribution in [2.45, 2.75) is 85.5 Å². The van der Waals surface area contributed by atoms with Crippen LogP contribution in [0.1, 0.15) is 61.3 Å². The minimum absolute atomic E-state index is 0.178. The van der Waals surface area contributed by atoms with Gasteiger partial charge in [0.15, 0.2) is 0 Å². The van der Waals surface area contributed by atoms with Crippen LogP contribution in [-0.2, 0) is 19.2 Å². The quantitative estimate of drug-likeness (QED) is 0.316. The zero-order valence-corrected chi connectivity index (χ0v) is 18.6. The maximum Gasteiger partial charge on any atom is 0.326 e. The smallest absolute Gasteiger partial charge is 0.326 e. The van der Waals surface area contributed by atoms with Crippen molar-refractivity contribution in [1.29, 1.82) is 0 Å². The predicted octanol–water partition coefficient (Wildman–Crippen LogP) is 0.621. The first-order valence-electron chi connectivity index (χ1n) is 10.2. The lowest BCUT2D eigenvalue weighted by atomic mass is 9.96. The number of carbonyl (C=O) groups excluding carboxylic acids is 3. The topological polar surface area (TPSA) is 151 Å². The number of amides is 3. The van der Waals surface area contributed by atoms with Gasteiger partial charge < -0.3 is 26.8 Å². The first-order valence-corrected chi connectivity index (χ1v) is 10.2. The molecule has 0 aromatic carbocycles. The van der Waals surface area contributed by atoms with Crippen LogP contribution >= 0.6 is 0 Å². The number of aliphatic carboxylic acids is 1. The van der Waals surface area contributed by atoms with Gasteiger partial charge in [-0.25, -0.2) is 4.79 Å². The van der Waals surface area contributed by atoms with Crippen molar-refractivity contribution in [3.63, 3.8) is 0 Å². The van der Waals surface area contributed by atoms with Crippen molar-refractivity contribution in [2.24, 2.45) is 23.5 Å². The van der Waals surface area contributed by atoms with Crippen LogP contribution in [0.5, 0.6) is 0 Å². The van der Waals surface area contributed by atoms with Gasteiger partial charge in [-0.2, -0.15) is 0 Å². The number of carboxylic acid groups (broad SMARTS) is 1. The zero-order valence-electron chi connectivity index (χ0n) is 18.6. The van der Waals surface area contributed by atoms with E-state index in [4.69, 9.17) is 5.73 Å². The van der Waals surface area contributed by atoms with E-state index in [1.165, 1.54) is 6.92 Å². The standard InChI is InChI=1S/C20H38N4O5/c1-8-12(6)16(24-18(26)14(21)9-10(2)3)19(27)22-13(7)17(25)23-15(11(4)5)20(28)29/h10-16H,8-9,21H2,1-7H3,(H,22,27)(H,23,25)(H,24,26)(H,28,29). The highest BCUT2D eigenvalue weighted by Gasteiger charge is 2.31. The van der Waals surface area contributed by atoms with Crippen molar-refractivity contribution >= 4 is 23.7 Å². The van der Waals surface area contributed by atoms with Gasteiger partial charge in [-0.15, -0.1) is 0 Å². The van der Waals surface area contributed by atoms with Crippen LogP contribution in [0.3, 0.4) is 0 Å². The summed E-state index contributed by atoms with van der Waals surface area (Å²) < 4.78 is 0. The van der Waals surface area contributed by atoms with E-state index in [9.17, 15) is 24.3 Å². The first-order chi connectivity index (χ1) is 13.3. The largest absolute Gasteiger partial charge is 0.480 e. The molecule has 0 aromatic heterocycles. The van der Waals surface area contributed by atoms with Crippen molar-refractivity contribution in [2.75, 3.05) is 0 Å². The highest BCUT2D eigenvalue weighted by molar-refractivity contribution is 5.94. The SMILES string of the molecule is CCC(C)C(NC(=O)C(N)CC(C)C)C(=O)NC(C)C(=O)NC(C(=O)O)C(C)C. The minimum atomic E-state index is -1.14. The van der Waals surface area contributed by atoms with E-state index >= 15 is 0 Å². The van der Waals surface area contributed by atoms with E-state index in [0.717, 1.165) is 0 Å². The summed E-state index contributed by atoms with van der Waals surface area (Å²) in [5, 5.41) is 16.9. The summed E-state index contributed by atoms with van der Waals surface area (Å²) in [4.78, 5) is 48.7. The Labute approximate surface area is 173 Å². The van der Waals surface area contributed by atoms with Crippen LogP contribution in [0.15, 0.2) is 0 Å². The monoisotopic (exact) mass is 414 g/mol. The lowest BCUT2D eigenvalue weighted by molar-refractivity contribution is -0.143. The van der Waals surface area contributed by atoms with E-state index in [2.05, 4.69) is 16.0 Å². The second-order valence-corrected chi connectivity index (χ2v) is 8.41. The molecule has 0 bridgehead atoms. The third-order valence-electron chi connectivity index (χ3n) is 4.84. The molecule has 0 heterocycles. The summed E-state index contributed by atoms with van der Waals surface area (Å²) in [6.45, 7) is 12.4. The lowest BCUT2D eigenvalue weighted by Crippen LogP contribution is -2.58. The molecule has 168 valence electrons. The highest BCUT2D eigenvalue weighted by Crippen LogP contribution is 2.10. The second kappa shape index (κ2) is 12.4. The molecule has 9 nitrogen and oxygen atoms in total. The van der Waals surface area contributed by atoms with Crippen LogP contribution < -0.4 is 21.7 Å². The van der Waals surface area contributed by atoms with Crippen molar-refractivity contribution in [3.05, 3.63) is 0 Å². The Morgan fingerprint density at radius 3 is 1.76 bits per heavy atom. The molecule has 0 rings (SSSR count). The van der Waals surface area contributed by atoms with Gasteiger partial charge in [0, 0.05) is 0 Å². The number of nitrogens with one attached hydrogen (secondary N) is 3. The number of carbonyl (C=O) groups is 4. The van der Waals surface area contributed by atoms with Gasteiger partial charge in [0.25, 0.3) is 0 Å². The van der Waals surface area contributed by atoms with Crippen LogP contribution in [0, 0.1) is 17.8 Å². The highest BCUT2D eigenvalue weighted by atomic mass is 16.4. The van der Waals surface area contributed by atoms with Crippen molar-refractivity contribution < 1.29 is 24.3 Å². The lowest BCUT2D eigenvalue weighted by Gasteiger charge is -2.27. The van der Waals surface area contributed by atoms with E-state index in [1.807, 2.05) is 27.7 Å². The molecule has 3 amide bonds. The fourth-order valence-electron chi connectivity index (χ4n) is 2.74. The minimum Gasteiger partial charge on any atom is -0.480 e. The predicted molar refractivity (Wildman–Crippen MR) is 111 cm³/mol. The summed E-state index contributed by atoms with van der Waals surface area (Å²) in [7, 11) is 0. The van der Waals surface area contributed by atoms with Gasteiger partial charge in [0.1, 0.15) is 18.1 Å². The molecule has 5 unspecified atom stereocenters. The summed E-state index contributed by atoms with van der Waals surface area (Å²) in [6.07, 6.45) is 1.12. The van der Waals surface area contributed by atoms with E-state index < -0.39 is 47.9 Å². The molecule has 6 N–H and O–H groups in total. The molecule has 9 heteroatoms. The molecular weight excluding hydrogens is 376 g/mol. The van der Waals surface area contributed by atoms with Gasteiger partial charge in [0.2, 0.25) is 17.7 Å². The summed E-state index contributed by atoms with van der Waals surface area (Å²) in [5.41, 5.74) is 5.91. The second-order valence-electron chi connectivity index (χ2n) is 8.41. The molecule has 5 atom stereocenters. The summed E-state index contributed by atoms with van der Waals surface area (Å²) in [6, 6.07) is -3.59. The fraction of sp³-hybridized carbons (Fsp3) is 0.800. The van der Waals surface area contributed by atoms with E-state index in [1.54, 1.807) is 13.8 Å². The third-order valence-corrected chi connectivity index (χ3v) is 4.84. The molecule has 0 aromatic rings. The number of carboxylic acids is 1. The summed E-state index contributed by atoms with van der Waals surface area (Å²) >= 11 is 0. The van der Waals surface area contributed by atoms with Crippen LogP contribution in [0.4, 0.5) is 0 Å². The van der Waals surface area contributed by atoms with Crippen molar-refractivity contribution in [3.8, 4) is 0 Å². The van der Waals surface area contributed by atoms with Gasteiger partial charge in [-0.3, -0.25) is 14.4 Å². The van der Waals surface area contributed by atoms with E-state index in [0.29, 0.717) is 12.8 Å². The average Bonchev–Trinajstić information content (AvgIpc) is 2.61. The molecule has 0 radical (unpaired) electrons. The van der Waals surface area contributed by atoms with Gasteiger partial charge >= 0.3 is 5.97 Å². The number of hydrogen-bond donors (Lipinski definition) is 5. The average molecular weight is 415 g/mol. The Kier molecular flexibility index (Phi) is 11.5. The molecular formula is C20H38N4O5. The summed E-state index contributed by atoms with van der Waals surface area (Å²) in [5.74, 6) is -2.93. The molecule has 29 heavy (non-hydrogen) atoms.